The summed E-state index contributed by atoms with van der Waals surface area (Å²) in [5.74, 6) is -5.57. The predicted octanol–water partition coefficient (Wildman–Crippen LogP) is 3.90. The summed E-state index contributed by atoms with van der Waals surface area (Å²) in [7, 11) is 0. The summed E-state index contributed by atoms with van der Waals surface area (Å²) < 4.78 is 41.4. The third kappa shape index (κ3) is 2.65. The van der Waals surface area contributed by atoms with Crippen molar-refractivity contribution in [2.24, 2.45) is 0 Å². The van der Waals surface area contributed by atoms with E-state index in [9.17, 15) is 18.0 Å². The number of carbonyl (C=O) groups is 1. The summed E-state index contributed by atoms with van der Waals surface area (Å²) in [6.07, 6.45) is 0. The number of nitriles is 1. The number of ketones is 1. The number of hydrogen-bond acceptors (Lipinski definition) is 2. The number of hydrogen-bond donors (Lipinski definition) is 0. The first-order valence-electron chi connectivity index (χ1n) is 6.10. The second-order valence-corrected chi connectivity index (χ2v) is 4.50. The molecule has 2 aromatic carbocycles. The molecular formula is C16H10F3NO. The highest BCUT2D eigenvalue weighted by molar-refractivity contribution is 6.03. The van der Waals surface area contributed by atoms with Crippen molar-refractivity contribution in [3.05, 3.63) is 70.5 Å². The van der Waals surface area contributed by atoms with Crippen molar-refractivity contribution in [3.63, 3.8) is 0 Å². The first kappa shape index (κ1) is 14.8. The molecule has 1 atom stereocenters. The maximum absolute atomic E-state index is 14.0. The Morgan fingerprint density at radius 2 is 1.76 bits per heavy atom. The summed E-state index contributed by atoms with van der Waals surface area (Å²) in [4.78, 5) is 12.3. The Kier molecular flexibility index (Phi) is 4.08. The highest BCUT2D eigenvalue weighted by Crippen LogP contribution is 2.26. The van der Waals surface area contributed by atoms with Crippen LogP contribution in [0.4, 0.5) is 13.2 Å². The monoisotopic (exact) mass is 289 g/mol. The molecule has 0 amide bonds. The first-order chi connectivity index (χ1) is 9.97. The van der Waals surface area contributed by atoms with E-state index in [-0.39, 0.29) is 11.1 Å². The maximum Gasteiger partial charge on any atom is 0.190 e. The fourth-order valence-electron chi connectivity index (χ4n) is 2.01. The second-order valence-electron chi connectivity index (χ2n) is 4.50. The van der Waals surface area contributed by atoms with E-state index in [0.29, 0.717) is 0 Å². The number of benzene rings is 2. The lowest BCUT2D eigenvalue weighted by Crippen LogP contribution is -2.16. The van der Waals surface area contributed by atoms with Gasteiger partial charge in [0.25, 0.3) is 0 Å². The normalized spacial score (nSPS) is 11.8. The Hall–Kier alpha value is -2.61. The van der Waals surface area contributed by atoms with Gasteiger partial charge in [0.05, 0.1) is 11.6 Å². The SMILES string of the molecule is Cc1ccc(F)c(C(=O)C(C#N)c2ccccc2F)c1F. The van der Waals surface area contributed by atoms with Gasteiger partial charge in [0.15, 0.2) is 5.78 Å². The van der Waals surface area contributed by atoms with Crippen LogP contribution in [0.25, 0.3) is 0 Å². The Labute approximate surface area is 119 Å². The van der Waals surface area contributed by atoms with Gasteiger partial charge in [-0.2, -0.15) is 5.26 Å². The van der Waals surface area contributed by atoms with Crippen LogP contribution in [-0.2, 0) is 0 Å². The highest BCUT2D eigenvalue weighted by Gasteiger charge is 2.29. The average Bonchev–Trinajstić information content (AvgIpc) is 2.46. The molecule has 0 N–H and O–H groups in total. The van der Waals surface area contributed by atoms with Gasteiger partial charge in [-0.3, -0.25) is 4.79 Å². The molecule has 1 unspecified atom stereocenters. The number of aryl methyl sites for hydroxylation is 1. The maximum atomic E-state index is 14.0. The van der Waals surface area contributed by atoms with E-state index < -0.39 is 34.7 Å². The Morgan fingerprint density at radius 1 is 1.10 bits per heavy atom. The average molecular weight is 289 g/mol. The van der Waals surface area contributed by atoms with Crippen LogP contribution < -0.4 is 0 Å². The van der Waals surface area contributed by atoms with Crippen LogP contribution in [0, 0.1) is 35.7 Å². The molecule has 0 aromatic heterocycles. The van der Waals surface area contributed by atoms with Crippen LogP contribution in [0.3, 0.4) is 0 Å². The molecule has 0 saturated heterocycles. The lowest BCUT2D eigenvalue weighted by Gasteiger charge is -2.12. The predicted molar refractivity (Wildman–Crippen MR) is 70.2 cm³/mol. The number of nitrogens with zero attached hydrogens (tertiary/aromatic N) is 1. The van der Waals surface area contributed by atoms with E-state index in [0.717, 1.165) is 12.1 Å². The first-order valence-corrected chi connectivity index (χ1v) is 6.10. The van der Waals surface area contributed by atoms with Crippen molar-refractivity contribution in [2.45, 2.75) is 12.8 Å². The zero-order valence-corrected chi connectivity index (χ0v) is 11.0. The van der Waals surface area contributed by atoms with E-state index in [1.807, 2.05) is 0 Å². The Balaban J connectivity index is 2.56. The molecule has 2 rings (SSSR count). The smallest absolute Gasteiger partial charge is 0.190 e. The van der Waals surface area contributed by atoms with E-state index in [1.54, 1.807) is 6.07 Å². The second kappa shape index (κ2) is 5.80. The molecule has 0 bridgehead atoms. The van der Waals surface area contributed by atoms with Gasteiger partial charge in [-0.05, 0) is 24.6 Å². The van der Waals surface area contributed by atoms with Gasteiger partial charge in [-0.1, -0.05) is 24.3 Å². The standard InChI is InChI=1S/C16H10F3NO/c1-9-6-7-13(18)14(15(9)19)16(21)11(8-20)10-4-2-3-5-12(10)17/h2-7,11H,1H3. The van der Waals surface area contributed by atoms with Crippen LogP contribution in [0.5, 0.6) is 0 Å². The van der Waals surface area contributed by atoms with Crippen molar-refractivity contribution < 1.29 is 18.0 Å². The molecule has 0 aliphatic heterocycles. The minimum Gasteiger partial charge on any atom is -0.292 e. The molecule has 0 radical (unpaired) electrons. The summed E-state index contributed by atoms with van der Waals surface area (Å²) in [6, 6.07) is 8.90. The zero-order valence-electron chi connectivity index (χ0n) is 11.0. The molecule has 106 valence electrons. The van der Waals surface area contributed by atoms with Crippen molar-refractivity contribution in [2.75, 3.05) is 0 Å². The van der Waals surface area contributed by atoms with Gasteiger partial charge >= 0.3 is 0 Å². The zero-order chi connectivity index (χ0) is 15.6. The fraction of sp³-hybridized carbons (Fsp3) is 0.125. The molecule has 0 heterocycles. The molecule has 21 heavy (non-hydrogen) atoms. The molecule has 0 fully saturated rings. The highest BCUT2D eigenvalue weighted by atomic mass is 19.1. The van der Waals surface area contributed by atoms with Gasteiger partial charge < -0.3 is 0 Å². The largest absolute Gasteiger partial charge is 0.292 e. The quantitative estimate of drug-likeness (QED) is 0.804. The van der Waals surface area contributed by atoms with Gasteiger partial charge in [-0.15, -0.1) is 0 Å². The topological polar surface area (TPSA) is 40.9 Å². The fourth-order valence-corrected chi connectivity index (χ4v) is 2.01. The van der Waals surface area contributed by atoms with Gasteiger partial charge in [0.2, 0.25) is 0 Å². The summed E-state index contributed by atoms with van der Waals surface area (Å²) >= 11 is 0. The molecule has 0 spiro atoms. The van der Waals surface area contributed by atoms with Crippen LogP contribution >= 0.6 is 0 Å². The summed E-state index contributed by atoms with van der Waals surface area (Å²) in [6.45, 7) is 1.37. The number of carbonyl (C=O) groups excluding carboxylic acids is 1. The molecule has 2 nitrogen and oxygen atoms in total. The summed E-state index contributed by atoms with van der Waals surface area (Å²) in [5.41, 5.74) is -0.944. The van der Waals surface area contributed by atoms with Crippen molar-refractivity contribution >= 4 is 5.78 Å². The molecule has 0 saturated carbocycles. The molecule has 5 heteroatoms. The van der Waals surface area contributed by atoms with E-state index in [4.69, 9.17) is 5.26 Å². The van der Waals surface area contributed by atoms with Gasteiger partial charge in [-0.25, -0.2) is 13.2 Å². The van der Waals surface area contributed by atoms with E-state index >= 15 is 0 Å². The minimum atomic E-state index is -1.60. The summed E-state index contributed by atoms with van der Waals surface area (Å²) in [5, 5.41) is 9.10. The lowest BCUT2D eigenvalue weighted by molar-refractivity contribution is 0.0969. The number of halogens is 3. The van der Waals surface area contributed by atoms with Crippen LogP contribution in [0.1, 0.15) is 27.4 Å². The number of Topliss-reactive ketones (excluding diaryl/α,β-unsaturated/α-hetero) is 1. The lowest BCUT2D eigenvalue weighted by atomic mass is 9.90. The van der Waals surface area contributed by atoms with Crippen molar-refractivity contribution in [1.82, 2.24) is 0 Å². The minimum absolute atomic E-state index is 0.0740. The third-order valence-electron chi connectivity index (χ3n) is 3.14. The Morgan fingerprint density at radius 3 is 2.38 bits per heavy atom. The van der Waals surface area contributed by atoms with Crippen molar-refractivity contribution in [3.8, 4) is 6.07 Å². The Bertz CT molecular complexity index is 750. The van der Waals surface area contributed by atoms with Crippen LogP contribution in [-0.4, -0.2) is 5.78 Å². The molecule has 2 aromatic rings. The molecule has 0 aliphatic rings. The van der Waals surface area contributed by atoms with Crippen molar-refractivity contribution in [1.29, 1.82) is 5.26 Å². The van der Waals surface area contributed by atoms with Crippen LogP contribution in [0.15, 0.2) is 36.4 Å². The van der Waals surface area contributed by atoms with E-state index in [1.165, 1.54) is 31.2 Å². The molecule has 0 aliphatic carbocycles. The van der Waals surface area contributed by atoms with Gasteiger partial charge in [0.1, 0.15) is 23.4 Å². The van der Waals surface area contributed by atoms with E-state index in [2.05, 4.69) is 0 Å². The number of rotatable bonds is 3. The van der Waals surface area contributed by atoms with Gasteiger partial charge in [0, 0.05) is 5.56 Å². The third-order valence-corrected chi connectivity index (χ3v) is 3.14. The molecular weight excluding hydrogens is 279 g/mol. The van der Waals surface area contributed by atoms with Crippen LogP contribution in [0.2, 0.25) is 0 Å².